The van der Waals surface area contributed by atoms with Crippen molar-refractivity contribution in [2.75, 3.05) is 14.2 Å². The van der Waals surface area contributed by atoms with Crippen LogP contribution in [0.2, 0.25) is 0 Å². The van der Waals surface area contributed by atoms with Gasteiger partial charge in [-0.25, -0.2) is 10.8 Å². The minimum absolute atomic E-state index is 0.190. The van der Waals surface area contributed by atoms with E-state index in [1.807, 2.05) is 18.2 Å². The molecule has 16 heavy (non-hydrogen) atoms. The van der Waals surface area contributed by atoms with Gasteiger partial charge in [0.25, 0.3) is 0 Å². The SMILES string of the molecule is COc1ccc(CN=C(N)NN)cc1OC. The number of nitrogens with one attached hydrogen (secondary N) is 1. The average molecular weight is 224 g/mol. The summed E-state index contributed by atoms with van der Waals surface area (Å²) in [5, 5.41) is 0. The van der Waals surface area contributed by atoms with Crippen molar-refractivity contribution in [3.8, 4) is 11.5 Å². The Hall–Kier alpha value is -1.95. The molecular formula is C10H16N4O2. The summed E-state index contributed by atoms with van der Waals surface area (Å²) in [7, 11) is 3.17. The Kier molecular flexibility index (Phi) is 4.41. The summed E-state index contributed by atoms with van der Waals surface area (Å²) < 4.78 is 10.3. The summed E-state index contributed by atoms with van der Waals surface area (Å²) in [5.41, 5.74) is 8.62. The number of guanidine groups is 1. The molecule has 0 unspecified atom stereocenters. The fourth-order valence-corrected chi connectivity index (χ4v) is 1.20. The molecule has 0 bridgehead atoms. The fraction of sp³-hybridized carbons (Fsp3) is 0.300. The molecule has 88 valence electrons. The Morgan fingerprint density at radius 3 is 2.56 bits per heavy atom. The summed E-state index contributed by atoms with van der Waals surface area (Å²) in [6.07, 6.45) is 0. The minimum atomic E-state index is 0.190. The molecule has 0 amide bonds. The molecule has 0 aromatic heterocycles. The van der Waals surface area contributed by atoms with E-state index in [0.29, 0.717) is 18.0 Å². The van der Waals surface area contributed by atoms with Gasteiger partial charge in [-0.1, -0.05) is 6.07 Å². The third-order valence-electron chi connectivity index (χ3n) is 2.03. The maximum Gasteiger partial charge on any atom is 0.203 e. The Labute approximate surface area is 94.2 Å². The van der Waals surface area contributed by atoms with Gasteiger partial charge in [-0.15, -0.1) is 0 Å². The van der Waals surface area contributed by atoms with E-state index in [9.17, 15) is 0 Å². The number of nitrogens with two attached hydrogens (primary N) is 2. The zero-order chi connectivity index (χ0) is 12.0. The van der Waals surface area contributed by atoms with Gasteiger partial charge in [-0.2, -0.15) is 0 Å². The average Bonchev–Trinajstić information content (AvgIpc) is 2.35. The van der Waals surface area contributed by atoms with Crippen molar-refractivity contribution in [1.29, 1.82) is 0 Å². The van der Waals surface area contributed by atoms with Crippen molar-refractivity contribution in [1.82, 2.24) is 5.43 Å². The number of benzene rings is 1. The van der Waals surface area contributed by atoms with E-state index in [1.165, 1.54) is 0 Å². The second-order valence-electron chi connectivity index (χ2n) is 3.04. The number of aliphatic imine (C=N–C) groups is 1. The van der Waals surface area contributed by atoms with E-state index in [0.717, 1.165) is 5.56 Å². The third-order valence-corrected chi connectivity index (χ3v) is 2.03. The van der Waals surface area contributed by atoms with Gasteiger partial charge >= 0.3 is 0 Å². The second-order valence-corrected chi connectivity index (χ2v) is 3.04. The second kappa shape index (κ2) is 5.82. The summed E-state index contributed by atoms with van der Waals surface area (Å²) in [6, 6.07) is 5.54. The van der Waals surface area contributed by atoms with Crippen molar-refractivity contribution in [2.24, 2.45) is 16.6 Å². The molecule has 1 aromatic rings. The van der Waals surface area contributed by atoms with E-state index < -0.39 is 0 Å². The number of ether oxygens (including phenoxy) is 2. The molecular weight excluding hydrogens is 208 g/mol. The highest BCUT2D eigenvalue weighted by Crippen LogP contribution is 2.27. The van der Waals surface area contributed by atoms with Gasteiger partial charge < -0.3 is 15.2 Å². The van der Waals surface area contributed by atoms with Crippen molar-refractivity contribution < 1.29 is 9.47 Å². The summed E-state index contributed by atoms with van der Waals surface area (Å²) >= 11 is 0. The molecule has 0 aliphatic carbocycles. The molecule has 0 aliphatic heterocycles. The molecule has 0 fully saturated rings. The zero-order valence-electron chi connectivity index (χ0n) is 9.36. The first-order valence-electron chi connectivity index (χ1n) is 4.68. The highest BCUT2D eigenvalue weighted by molar-refractivity contribution is 5.77. The maximum absolute atomic E-state index is 5.41. The van der Waals surface area contributed by atoms with E-state index in [-0.39, 0.29) is 5.96 Å². The van der Waals surface area contributed by atoms with E-state index in [2.05, 4.69) is 10.4 Å². The van der Waals surface area contributed by atoms with Gasteiger partial charge in [-0.05, 0) is 17.7 Å². The normalized spacial score (nSPS) is 11.1. The van der Waals surface area contributed by atoms with Crippen molar-refractivity contribution in [3.05, 3.63) is 23.8 Å². The van der Waals surface area contributed by atoms with E-state index in [1.54, 1.807) is 14.2 Å². The number of methoxy groups -OCH3 is 2. The first-order chi connectivity index (χ1) is 7.71. The molecule has 1 aromatic carbocycles. The van der Waals surface area contributed by atoms with Gasteiger partial charge in [-0.3, -0.25) is 5.43 Å². The number of hydrogen-bond acceptors (Lipinski definition) is 4. The van der Waals surface area contributed by atoms with E-state index in [4.69, 9.17) is 21.1 Å². The monoisotopic (exact) mass is 224 g/mol. The number of hydrogen-bond donors (Lipinski definition) is 3. The van der Waals surface area contributed by atoms with Crippen LogP contribution in [-0.4, -0.2) is 20.2 Å². The molecule has 0 heterocycles. The highest BCUT2D eigenvalue weighted by atomic mass is 16.5. The Balaban J connectivity index is 2.83. The molecule has 6 nitrogen and oxygen atoms in total. The quantitative estimate of drug-likeness (QED) is 0.289. The molecule has 0 saturated carbocycles. The van der Waals surface area contributed by atoms with E-state index >= 15 is 0 Å². The Bertz CT molecular complexity index is 379. The third kappa shape index (κ3) is 3.03. The molecule has 1 rings (SSSR count). The van der Waals surface area contributed by atoms with Crippen LogP contribution in [0.15, 0.2) is 23.2 Å². The Morgan fingerprint density at radius 2 is 2.00 bits per heavy atom. The molecule has 6 heteroatoms. The van der Waals surface area contributed by atoms with Gasteiger partial charge in [0.15, 0.2) is 11.5 Å². The molecule has 0 saturated heterocycles. The number of hydrazine groups is 1. The molecule has 5 N–H and O–H groups in total. The lowest BCUT2D eigenvalue weighted by Gasteiger charge is -2.08. The van der Waals surface area contributed by atoms with Crippen LogP contribution in [0.1, 0.15) is 5.56 Å². The van der Waals surface area contributed by atoms with Crippen LogP contribution in [0.4, 0.5) is 0 Å². The van der Waals surface area contributed by atoms with Crippen LogP contribution in [0.3, 0.4) is 0 Å². The van der Waals surface area contributed by atoms with Crippen molar-refractivity contribution >= 4 is 5.96 Å². The van der Waals surface area contributed by atoms with Crippen LogP contribution in [0.5, 0.6) is 11.5 Å². The zero-order valence-corrected chi connectivity index (χ0v) is 9.36. The lowest BCUT2D eigenvalue weighted by molar-refractivity contribution is 0.354. The lowest BCUT2D eigenvalue weighted by atomic mass is 10.2. The fourth-order valence-electron chi connectivity index (χ4n) is 1.20. The lowest BCUT2D eigenvalue weighted by Crippen LogP contribution is -2.37. The van der Waals surface area contributed by atoms with Gasteiger partial charge in [0.05, 0.1) is 20.8 Å². The minimum Gasteiger partial charge on any atom is -0.493 e. The summed E-state index contributed by atoms with van der Waals surface area (Å²) in [4.78, 5) is 4.01. The highest BCUT2D eigenvalue weighted by Gasteiger charge is 2.03. The van der Waals surface area contributed by atoms with Crippen LogP contribution in [0, 0.1) is 0 Å². The van der Waals surface area contributed by atoms with Crippen molar-refractivity contribution in [2.45, 2.75) is 6.54 Å². The largest absolute Gasteiger partial charge is 0.493 e. The predicted molar refractivity (Wildman–Crippen MR) is 62.2 cm³/mol. The van der Waals surface area contributed by atoms with Gasteiger partial charge in [0, 0.05) is 0 Å². The molecule has 0 spiro atoms. The van der Waals surface area contributed by atoms with Gasteiger partial charge in [0.2, 0.25) is 5.96 Å². The first kappa shape index (κ1) is 12.1. The maximum atomic E-state index is 5.41. The van der Waals surface area contributed by atoms with Crippen LogP contribution in [0.25, 0.3) is 0 Å². The molecule has 0 radical (unpaired) electrons. The van der Waals surface area contributed by atoms with Crippen LogP contribution >= 0.6 is 0 Å². The van der Waals surface area contributed by atoms with Crippen LogP contribution < -0.4 is 26.5 Å². The molecule has 0 atom stereocenters. The summed E-state index contributed by atoms with van der Waals surface area (Å²) in [6.45, 7) is 0.427. The van der Waals surface area contributed by atoms with Gasteiger partial charge in [0.1, 0.15) is 0 Å². The smallest absolute Gasteiger partial charge is 0.203 e. The topological polar surface area (TPSA) is 94.9 Å². The standard InChI is InChI=1S/C10H16N4O2/c1-15-8-4-3-7(5-9(8)16-2)6-13-10(11)14-12/h3-5H,6,12H2,1-2H3,(H3,11,13,14). The predicted octanol–water partition coefficient (Wildman–Crippen LogP) is -0.0182. The Morgan fingerprint density at radius 1 is 1.31 bits per heavy atom. The number of rotatable bonds is 4. The molecule has 0 aliphatic rings. The summed E-state index contributed by atoms with van der Waals surface area (Å²) in [5.74, 6) is 6.62. The number of nitrogens with zero attached hydrogens (tertiary/aromatic N) is 1. The van der Waals surface area contributed by atoms with Crippen molar-refractivity contribution in [3.63, 3.8) is 0 Å². The first-order valence-corrected chi connectivity index (χ1v) is 4.68. The van der Waals surface area contributed by atoms with Crippen LogP contribution in [-0.2, 0) is 6.54 Å².